The maximum absolute atomic E-state index is 13.0. The number of carbonyl (C=O) groups excluding carboxylic acids is 1. The van der Waals surface area contributed by atoms with E-state index in [9.17, 15) is 4.79 Å². The molecule has 7 heteroatoms. The lowest BCUT2D eigenvalue weighted by Gasteiger charge is -2.16. The summed E-state index contributed by atoms with van der Waals surface area (Å²) in [6.07, 6.45) is 0. The average molecular weight is 455 g/mol. The van der Waals surface area contributed by atoms with Crippen LogP contribution in [0.15, 0.2) is 29.6 Å². The number of hydrogen-bond donors (Lipinski definition) is 1. The van der Waals surface area contributed by atoms with Crippen LogP contribution in [0.2, 0.25) is 0 Å². The first-order valence-corrected chi connectivity index (χ1v) is 11.7. The van der Waals surface area contributed by atoms with Crippen LogP contribution in [0.5, 0.6) is 17.2 Å². The Bertz CT molecular complexity index is 1080. The van der Waals surface area contributed by atoms with Crippen LogP contribution < -0.4 is 19.5 Å². The molecule has 0 aliphatic carbocycles. The van der Waals surface area contributed by atoms with Crippen molar-refractivity contribution < 1.29 is 19.0 Å². The third-order valence-corrected chi connectivity index (χ3v) is 5.77. The first-order chi connectivity index (χ1) is 15.4. The molecule has 3 aromatic rings. The zero-order valence-corrected chi connectivity index (χ0v) is 20.3. The van der Waals surface area contributed by atoms with Crippen LogP contribution in [0.4, 0.5) is 5.13 Å². The van der Waals surface area contributed by atoms with Gasteiger partial charge in [-0.15, -0.1) is 11.3 Å². The van der Waals surface area contributed by atoms with Gasteiger partial charge in [-0.1, -0.05) is 6.07 Å². The van der Waals surface area contributed by atoms with Crippen molar-refractivity contribution in [1.82, 2.24) is 4.98 Å². The Morgan fingerprint density at radius 1 is 0.875 bits per heavy atom. The van der Waals surface area contributed by atoms with Gasteiger partial charge in [0.05, 0.1) is 25.5 Å². The molecular formula is C25H30N2O4S. The first-order valence-electron chi connectivity index (χ1n) is 10.8. The number of ether oxygens (including phenoxy) is 3. The summed E-state index contributed by atoms with van der Waals surface area (Å²) in [5.74, 6) is 1.19. The van der Waals surface area contributed by atoms with Crippen LogP contribution in [0.25, 0.3) is 11.3 Å². The van der Waals surface area contributed by atoms with Crippen LogP contribution in [-0.2, 0) is 0 Å². The number of benzene rings is 2. The molecule has 0 saturated carbocycles. The number of thiazole rings is 1. The molecule has 6 nitrogen and oxygen atoms in total. The largest absolute Gasteiger partial charge is 0.490 e. The highest BCUT2D eigenvalue weighted by Crippen LogP contribution is 2.39. The van der Waals surface area contributed by atoms with Crippen LogP contribution in [-0.4, -0.2) is 30.7 Å². The maximum Gasteiger partial charge on any atom is 0.257 e. The van der Waals surface area contributed by atoms with Gasteiger partial charge < -0.3 is 14.2 Å². The van der Waals surface area contributed by atoms with Gasteiger partial charge in [0.15, 0.2) is 16.6 Å². The van der Waals surface area contributed by atoms with Gasteiger partial charge in [-0.05, 0) is 76.4 Å². The van der Waals surface area contributed by atoms with Gasteiger partial charge in [0.2, 0.25) is 5.75 Å². The molecule has 1 aromatic heterocycles. The summed E-state index contributed by atoms with van der Waals surface area (Å²) in [7, 11) is 0. The molecule has 3 rings (SSSR count). The number of carbonyl (C=O) groups is 1. The van der Waals surface area contributed by atoms with Crippen molar-refractivity contribution in [3.05, 3.63) is 51.9 Å². The summed E-state index contributed by atoms with van der Waals surface area (Å²) in [5, 5.41) is 5.40. The van der Waals surface area contributed by atoms with Gasteiger partial charge in [0, 0.05) is 16.5 Å². The molecule has 0 saturated heterocycles. The number of anilines is 1. The van der Waals surface area contributed by atoms with E-state index in [1.165, 1.54) is 22.5 Å². The molecule has 2 aromatic carbocycles. The topological polar surface area (TPSA) is 69.7 Å². The van der Waals surface area contributed by atoms with Gasteiger partial charge in [0.1, 0.15) is 0 Å². The molecule has 0 bridgehead atoms. The number of rotatable bonds is 9. The van der Waals surface area contributed by atoms with E-state index in [0.29, 0.717) is 47.8 Å². The molecule has 0 radical (unpaired) electrons. The quantitative estimate of drug-likeness (QED) is 0.418. The van der Waals surface area contributed by atoms with Crippen molar-refractivity contribution in [2.45, 2.75) is 41.5 Å². The predicted molar refractivity (Wildman–Crippen MR) is 130 cm³/mol. The Hall–Kier alpha value is -3.06. The zero-order chi connectivity index (χ0) is 23.3. The van der Waals surface area contributed by atoms with Crippen molar-refractivity contribution in [3.8, 4) is 28.5 Å². The second-order valence-corrected chi connectivity index (χ2v) is 8.20. The Kier molecular flexibility index (Phi) is 7.75. The van der Waals surface area contributed by atoms with Crippen LogP contribution >= 0.6 is 11.3 Å². The number of hydrogen-bond acceptors (Lipinski definition) is 6. The summed E-state index contributed by atoms with van der Waals surface area (Å²) in [4.78, 5) is 17.7. The fourth-order valence-corrected chi connectivity index (χ4v) is 4.09. The smallest absolute Gasteiger partial charge is 0.257 e. The van der Waals surface area contributed by atoms with Gasteiger partial charge in [-0.3, -0.25) is 10.1 Å². The van der Waals surface area contributed by atoms with E-state index in [0.717, 1.165) is 16.8 Å². The number of aromatic nitrogens is 1. The molecule has 0 aliphatic rings. The van der Waals surface area contributed by atoms with Crippen molar-refractivity contribution in [2.75, 3.05) is 25.1 Å². The van der Waals surface area contributed by atoms with E-state index in [4.69, 9.17) is 14.2 Å². The highest BCUT2D eigenvalue weighted by atomic mass is 32.1. The van der Waals surface area contributed by atoms with E-state index in [2.05, 4.69) is 43.2 Å². The van der Waals surface area contributed by atoms with Crippen molar-refractivity contribution in [1.29, 1.82) is 0 Å². The third-order valence-electron chi connectivity index (χ3n) is 5.01. The average Bonchev–Trinajstić information content (AvgIpc) is 3.21. The van der Waals surface area contributed by atoms with Gasteiger partial charge in [-0.25, -0.2) is 4.98 Å². The molecular weight excluding hydrogens is 424 g/mol. The predicted octanol–water partition coefficient (Wildman–Crippen LogP) is 6.18. The van der Waals surface area contributed by atoms with E-state index in [1.54, 1.807) is 12.1 Å². The van der Waals surface area contributed by atoms with E-state index in [1.807, 2.05) is 26.2 Å². The Morgan fingerprint density at radius 3 is 2.06 bits per heavy atom. The van der Waals surface area contributed by atoms with Crippen molar-refractivity contribution >= 4 is 22.4 Å². The summed E-state index contributed by atoms with van der Waals surface area (Å²) < 4.78 is 17.1. The highest BCUT2D eigenvalue weighted by molar-refractivity contribution is 7.14. The SMILES string of the molecule is CCOc1cc(C(=O)Nc2nc(-c3cc(C)c(C)cc3C)cs2)cc(OCC)c1OCC. The molecule has 0 aliphatic heterocycles. The summed E-state index contributed by atoms with van der Waals surface area (Å²) in [5.41, 5.74) is 5.96. The number of amides is 1. The molecule has 1 heterocycles. The number of nitrogens with one attached hydrogen (secondary N) is 1. The standard InChI is InChI=1S/C25H30N2O4S/c1-7-29-21-12-18(13-22(30-8-2)23(21)31-9-3)24(28)27-25-26-20(14-32-25)19-11-16(5)15(4)10-17(19)6/h10-14H,7-9H2,1-6H3,(H,26,27,28). The lowest BCUT2D eigenvalue weighted by molar-refractivity contribution is 0.102. The third kappa shape index (κ3) is 5.22. The lowest BCUT2D eigenvalue weighted by atomic mass is 9.99. The van der Waals surface area contributed by atoms with Gasteiger partial charge in [-0.2, -0.15) is 0 Å². The Morgan fingerprint density at radius 2 is 1.47 bits per heavy atom. The monoisotopic (exact) mass is 454 g/mol. The summed E-state index contributed by atoms with van der Waals surface area (Å²) in [6, 6.07) is 7.65. The van der Waals surface area contributed by atoms with E-state index in [-0.39, 0.29) is 5.91 Å². The molecule has 0 atom stereocenters. The van der Waals surface area contributed by atoms with Crippen LogP contribution in [0.3, 0.4) is 0 Å². The molecule has 32 heavy (non-hydrogen) atoms. The van der Waals surface area contributed by atoms with Gasteiger partial charge >= 0.3 is 0 Å². The normalized spacial score (nSPS) is 10.7. The van der Waals surface area contributed by atoms with Crippen molar-refractivity contribution in [2.24, 2.45) is 0 Å². The molecule has 0 spiro atoms. The second-order valence-electron chi connectivity index (χ2n) is 7.34. The molecule has 0 fully saturated rings. The fraction of sp³-hybridized carbons (Fsp3) is 0.360. The Balaban J connectivity index is 1.88. The minimum Gasteiger partial charge on any atom is -0.490 e. The minimum atomic E-state index is -0.285. The summed E-state index contributed by atoms with van der Waals surface area (Å²) in [6.45, 7) is 13.3. The van der Waals surface area contributed by atoms with E-state index < -0.39 is 0 Å². The molecule has 1 N–H and O–H groups in total. The number of aryl methyl sites for hydroxylation is 3. The maximum atomic E-state index is 13.0. The van der Waals surface area contributed by atoms with Crippen LogP contribution in [0.1, 0.15) is 47.8 Å². The van der Waals surface area contributed by atoms with Crippen LogP contribution in [0, 0.1) is 20.8 Å². The zero-order valence-electron chi connectivity index (χ0n) is 19.5. The Labute approximate surface area is 193 Å². The first kappa shape index (κ1) is 23.6. The molecule has 0 unspecified atom stereocenters. The molecule has 1 amide bonds. The lowest BCUT2D eigenvalue weighted by Crippen LogP contribution is -2.13. The van der Waals surface area contributed by atoms with Crippen molar-refractivity contribution in [3.63, 3.8) is 0 Å². The minimum absolute atomic E-state index is 0.285. The second kappa shape index (κ2) is 10.5. The van der Waals surface area contributed by atoms with E-state index >= 15 is 0 Å². The van der Waals surface area contributed by atoms with Gasteiger partial charge in [0.25, 0.3) is 5.91 Å². The molecule has 170 valence electrons. The summed E-state index contributed by atoms with van der Waals surface area (Å²) >= 11 is 1.40. The fourth-order valence-electron chi connectivity index (χ4n) is 3.38. The highest BCUT2D eigenvalue weighted by Gasteiger charge is 2.19. The number of nitrogens with zero attached hydrogens (tertiary/aromatic N) is 1.